The summed E-state index contributed by atoms with van der Waals surface area (Å²) in [6, 6.07) is 30.1. The zero-order valence-corrected chi connectivity index (χ0v) is 17.0. The first-order valence-electron chi connectivity index (χ1n) is 11.0. The van der Waals surface area contributed by atoms with Gasteiger partial charge in [-0.25, -0.2) is 0 Å². The third-order valence-electron chi connectivity index (χ3n) is 6.53. The van der Waals surface area contributed by atoms with Gasteiger partial charge in [-0.05, 0) is 87.1 Å². The molecule has 0 unspecified atom stereocenters. The molecule has 0 aliphatic carbocycles. The van der Waals surface area contributed by atoms with Gasteiger partial charge < -0.3 is 9.47 Å². The Balaban J connectivity index is 1.17. The van der Waals surface area contributed by atoms with Crippen LogP contribution < -0.4 is 0 Å². The molecule has 29 heavy (non-hydrogen) atoms. The lowest BCUT2D eigenvalue weighted by Crippen LogP contribution is -2.33. The van der Waals surface area contributed by atoms with Crippen molar-refractivity contribution in [2.45, 2.75) is 38.1 Å². The zero-order valence-electron chi connectivity index (χ0n) is 17.0. The standard InChI is InChI=1S/C27H28N2/c1-2-10-22(11-3-1)23-16-20-28(21-17-23)18-8-9-19-29-26-14-6-4-12-24(26)25-13-5-7-15-27(25)29/h2,4-7,10-15,23H,8-9,16-21H2. The minimum absolute atomic E-state index is 0.703. The summed E-state index contributed by atoms with van der Waals surface area (Å²) in [6.07, 6.45) is 5.03. The van der Waals surface area contributed by atoms with E-state index >= 15 is 0 Å². The highest BCUT2D eigenvalue weighted by Gasteiger charge is 2.20. The third-order valence-corrected chi connectivity index (χ3v) is 6.53. The highest BCUT2D eigenvalue weighted by Crippen LogP contribution is 2.29. The first kappa shape index (κ1) is 18.3. The maximum absolute atomic E-state index is 3.11. The van der Waals surface area contributed by atoms with E-state index in [0.29, 0.717) is 5.92 Å². The molecule has 1 aromatic heterocycles. The van der Waals surface area contributed by atoms with Gasteiger partial charge >= 0.3 is 0 Å². The quantitative estimate of drug-likeness (QED) is 0.369. The van der Waals surface area contributed by atoms with Gasteiger partial charge in [0.1, 0.15) is 0 Å². The second-order valence-corrected chi connectivity index (χ2v) is 8.28. The molecule has 0 amide bonds. The van der Waals surface area contributed by atoms with Gasteiger partial charge in [-0.1, -0.05) is 48.5 Å². The Hall–Kier alpha value is -2.76. The normalized spacial score (nSPS) is 15.7. The Morgan fingerprint density at radius 2 is 1.41 bits per heavy atom. The summed E-state index contributed by atoms with van der Waals surface area (Å²) in [4.78, 5) is 2.65. The number of fused-ring (bicyclic) bond motifs is 3. The van der Waals surface area contributed by atoms with Gasteiger partial charge in [0.05, 0.1) is 0 Å². The molecule has 1 aliphatic heterocycles. The molecule has 0 spiro atoms. The highest BCUT2D eigenvalue weighted by atomic mass is 15.1. The molecule has 0 N–H and O–H groups in total. The second-order valence-electron chi connectivity index (χ2n) is 8.28. The molecule has 2 heteroatoms. The largest absolute Gasteiger partial charge is 0.340 e. The van der Waals surface area contributed by atoms with Crippen molar-refractivity contribution in [3.05, 3.63) is 84.4 Å². The van der Waals surface area contributed by atoms with Crippen molar-refractivity contribution in [1.29, 1.82) is 0 Å². The molecule has 2 nitrogen and oxygen atoms in total. The van der Waals surface area contributed by atoms with Crippen LogP contribution in [0.15, 0.2) is 66.7 Å². The number of aromatic nitrogens is 1. The van der Waals surface area contributed by atoms with Crippen molar-refractivity contribution in [3.8, 4) is 0 Å². The Bertz CT molecular complexity index is 1020. The molecule has 0 atom stereocenters. The van der Waals surface area contributed by atoms with Gasteiger partial charge in [0.25, 0.3) is 0 Å². The van der Waals surface area contributed by atoms with Crippen LogP contribution in [0.25, 0.3) is 21.8 Å². The number of piperidine rings is 1. The number of nitrogens with zero attached hydrogens (tertiary/aromatic N) is 2. The first-order chi connectivity index (χ1) is 14.4. The topological polar surface area (TPSA) is 8.17 Å². The Labute approximate surface area is 173 Å². The predicted octanol–water partition coefficient (Wildman–Crippen LogP) is 6.05. The SMILES string of the molecule is c1ccc(C2CCN(CCCCn3c4ccccc4c4ccccc43)CC2)cc#1. The number of rotatable bonds is 6. The average Bonchev–Trinajstić information content (AvgIpc) is 3.12. The van der Waals surface area contributed by atoms with Crippen molar-refractivity contribution in [2.24, 2.45) is 0 Å². The Morgan fingerprint density at radius 1 is 0.759 bits per heavy atom. The molecule has 2 heterocycles. The molecule has 146 valence electrons. The van der Waals surface area contributed by atoms with E-state index in [1.54, 1.807) is 0 Å². The molecule has 1 aliphatic rings. The minimum Gasteiger partial charge on any atom is -0.340 e. The van der Waals surface area contributed by atoms with Crippen LogP contribution in [0, 0.1) is 12.1 Å². The summed E-state index contributed by atoms with van der Waals surface area (Å²) in [5, 5.41) is 2.75. The summed E-state index contributed by atoms with van der Waals surface area (Å²) in [6.45, 7) is 4.76. The lowest BCUT2D eigenvalue weighted by Gasteiger charge is -2.32. The van der Waals surface area contributed by atoms with Crippen LogP contribution in [-0.2, 0) is 6.54 Å². The van der Waals surface area contributed by atoms with Crippen LogP contribution in [0.3, 0.4) is 0 Å². The van der Waals surface area contributed by atoms with E-state index in [0.717, 1.165) is 6.54 Å². The van der Waals surface area contributed by atoms with Crippen LogP contribution in [0.2, 0.25) is 0 Å². The summed E-state index contributed by atoms with van der Waals surface area (Å²) >= 11 is 0. The lowest BCUT2D eigenvalue weighted by atomic mass is 9.90. The van der Waals surface area contributed by atoms with Crippen molar-refractivity contribution in [2.75, 3.05) is 19.6 Å². The highest BCUT2D eigenvalue weighted by molar-refractivity contribution is 6.07. The van der Waals surface area contributed by atoms with Crippen molar-refractivity contribution in [3.63, 3.8) is 0 Å². The zero-order chi connectivity index (χ0) is 19.5. The maximum atomic E-state index is 3.11. The Kier molecular flexibility index (Phi) is 5.24. The predicted molar refractivity (Wildman–Crippen MR) is 121 cm³/mol. The number of hydrogen-bond acceptors (Lipinski definition) is 1. The molecule has 5 rings (SSSR count). The molecule has 0 saturated carbocycles. The van der Waals surface area contributed by atoms with Crippen LogP contribution in [0.5, 0.6) is 0 Å². The summed E-state index contributed by atoms with van der Waals surface area (Å²) in [7, 11) is 0. The van der Waals surface area contributed by atoms with Crippen LogP contribution in [-0.4, -0.2) is 29.1 Å². The smallest absolute Gasteiger partial charge is 0.0491 e. The summed E-state index contributed by atoms with van der Waals surface area (Å²) < 4.78 is 2.51. The average molecular weight is 381 g/mol. The summed E-state index contributed by atoms with van der Waals surface area (Å²) in [5.74, 6) is 0.703. The maximum Gasteiger partial charge on any atom is 0.0491 e. The van der Waals surface area contributed by atoms with Gasteiger partial charge in [0.15, 0.2) is 0 Å². The number of aryl methyl sites for hydroxylation is 1. The van der Waals surface area contributed by atoms with Gasteiger partial charge in [-0.15, -0.1) is 0 Å². The molecular weight excluding hydrogens is 352 g/mol. The first-order valence-corrected chi connectivity index (χ1v) is 11.0. The van der Waals surface area contributed by atoms with Crippen LogP contribution in [0.4, 0.5) is 0 Å². The number of benzene rings is 2. The molecular formula is C27H28N2. The van der Waals surface area contributed by atoms with Crippen LogP contribution in [0.1, 0.15) is 37.2 Å². The molecule has 0 radical (unpaired) electrons. The van der Waals surface area contributed by atoms with E-state index in [9.17, 15) is 0 Å². The number of hydrogen-bond donors (Lipinski definition) is 0. The van der Waals surface area contributed by atoms with E-state index in [4.69, 9.17) is 0 Å². The van der Waals surface area contributed by atoms with E-state index in [2.05, 4.69) is 82.3 Å². The van der Waals surface area contributed by atoms with Crippen molar-refractivity contribution in [1.82, 2.24) is 9.47 Å². The molecule has 0 bridgehead atoms. The minimum atomic E-state index is 0.703. The third kappa shape index (κ3) is 3.76. The van der Waals surface area contributed by atoms with Crippen molar-refractivity contribution < 1.29 is 0 Å². The van der Waals surface area contributed by atoms with Gasteiger partial charge in [-0.3, -0.25) is 0 Å². The van der Waals surface area contributed by atoms with E-state index < -0.39 is 0 Å². The fourth-order valence-corrected chi connectivity index (χ4v) is 4.95. The van der Waals surface area contributed by atoms with E-state index in [1.165, 1.54) is 72.7 Å². The van der Waals surface area contributed by atoms with Gasteiger partial charge in [-0.2, -0.15) is 0 Å². The second kappa shape index (κ2) is 8.31. The lowest BCUT2D eigenvalue weighted by molar-refractivity contribution is 0.208. The van der Waals surface area contributed by atoms with Gasteiger partial charge in [0.2, 0.25) is 0 Å². The molecule has 4 aromatic rings. The summed E-state index contributed by atoms with van der Waals surface area (Å²) in [5.41, 5.74) is 4.17. The van der Waals surface area contributed by atoms with Crippen molar-refractivity contribution >= 4 is 21.8 Å². The number of unbranched alkanes of at least 4 members (excludes halogenated alkanes) is 1. The van der Waals surface area contributed by atoms with E-state index in [1.807, 2.05) is 6.07 Å². The van der Waals surface area contributed by atoms with Gasteiger partial charge in [0, 0.05) is 28.4 Å². The monoisotopic (exact) mass is 380 g/mol. The Morgan fingerprint density at radius 3 is 2.07 bits per heavy atom. The molecule has 1 fully saturated rings. The fourth-order valence-electron chi connectivity index (χ4n) is 4.95. The number of para-hydroxylation sites is 2. The van der Waals surface area contributed by atoms with Crippen LogP contribution >= 0.6 is 0 Å². The molecule has 1 saturated heterocycles. The molecule has 3 aromatic carbocycles. The van der Waals surface area contributed by atoms with E-state index in [-0.39, 0.29) is 0 Å². The number of likely N-dealkylation sites (tertiary alicyclic amines) is 1. The fraction of sp³-hybridized carbons (Fsp3) is 0.333.